The summed E-state index contributed by atoms with van der Waals surface area (Å²) >= 11 is 0. The third-order valence-electron chi connectivity index (χ3n) is 4.11. The number of nitrogens with zero attached hydrogens (tertiary/aromatic N) is 3. The van der Waals surface area contributed by atoms with E-state index in [0.29, 0.717) is 10.7 Å². The van der Waals surface area contributed by atoms with Gasteiger partial charge >= 0.3 is 0 Å². The Morgan fingerprint density at radius 1 is 1.23 bits per heavy atom. The molecule has 0 saturated carbocycles. The van der Waals surface area contributed by atoms with Crippen LogP contribution in [0.1, 0.15) is 40.6 Å². The quantitative estimate of drug-likeness (QED) is 0.311. The number of furan rings is 1. The highest BCUT2D eigenvalue weighted by atomic mass is 19.3. The smallest absolute Gasteiger partial charge is 0.291 e. The largest absolute Gasteiger partial charge is 0.494 e. The van der Waals surface area contributed by atoms with Crippen molar-refractivity contribution in [2.45, 2.75) is 19.4 Å². The van der Waals surface area contributed by atoms with Gasteiger partial charge in [-0.1, -0.05) is 0 Å². The second-order valence-corrected chi connectivity index (χ2v) is 6.11. The van der Waals surface area contributed by atoms with Crippen LogP contribution in [0, 0.1) is 10.1 Å². The summed E-state index contributed by atoms with van der Waals surface area (Å²) in [7, 11) is 1.26. The number of methoxy groups -OCH3 is 1. The van der Waals surface area contributed by atoms with Crippen LogP contribution in [0.2, 0.25) is 0 Å². The molecule has 1 N–H and O–H groups in total. The van der Waals surface area contributed by atoms with E-state index >= 15 is 0 Å². The highest BCUT2D eigenvalue weighted by Crippen LogP contribution is 2.30. The van der Waals surface area contributed by atoms with Crippen molar-refractivity contribution in [2.24, 2.45) is 0 Å². The summed E-state index contributed by atoms with van der Waals surface area (Å²) in [6.07, 6.45) is -6.05. The molecule has 1 amide bonds. The van der Waals surface area contributed by atoms with Gasteiger partial charge in [0, 0.05) is 6.07 Å². The maximum absolute atomic E-state index is 13.1. The van der Waals surface area contributed by atoms with E-state index in [4.69, 9.17) is 9.15 Å². The van der Waals surface area contributed by atoms with Crippen LogP contribution >= 0.6 is 0 Å². The zero-order valence-electron chi connectivity index (χ0n) is 15.7. The molecule has 31 heavy (non-hydrogen) atoms. The van der Waals surface area contributed by atoms with E-state index in [1.54, 1.807) is 0 Å². The first kappa shape index (κ1) is 21.8. The summed E-state index contributed by atoms with van der Waals surface area (Å²) in [6.45, 7) is -0.402. The molecule has 2 aromatic heterocycles. The number of amides is 1. The van der Waals surface area contributed by atoms with Crippen LogP contribution in [0.4, 0.5) is 28.9 Å². The third kappa shape index (κ3) is 4.82. The summed E-state index contributed by atoms with van der Waals surface area (Å²) in [6, 6.07) is 6.71. The Balaban J connectivity index is 1.77. The van der Waals surface area contributed by atoms with Gasteiger partial charge in [0.2, 0.25) is 0 Å². The lowest BCUT2D eigenvalue weighted by atomic mass is 10.2. The highest BCUT2D eigenvalue weighted by Gasteiger charge is 2.22. The van der Waals surface area contributed by atoms with Crippen LogP contribution in [0.25, 0.3) is 0 Å². The Morgan fingerprint density at radius 3 is 2.58 bits per heavy atom. The van der Waals surface area contributed by atoms with Crippen LogP contribution in [-0.2, 0) is 6.54 Å². The second kappa shape index (κ2) is 8.85. The van der Waals surface area contributed by atoms with E-state index < -0.39 is 41.6 Å². The van der Waals surface area contributed by atoms with Crippen molar-refractivity contribution in [2.75, 3.05) is 12.4 Å². The molecule has 0 radical (unpaired) electrons. The molecule has 2 heterocycles. The lowest BCUT2D eigenvalue weighted by Crippen LogP contribution is -2.12. The fraction of sp³-hybridized carbons (Fsp3) is 0.222. The number of ether oxygens (including phenoxy) is 1. The van der Waals surface area contributed by atoms with Crippen LogP contribution in [-0.4, -0.2) is 27.7 Å². The van der Waals surface area contributed by atoms with Gasteiger partial charge in [0.25, 0.3) is 24.4 Å². The molecule has 0 atom stereocenters. The normalized spacial score (nSPS) is 11.2. The number of aromatic nitrogens is 2. The zero-order chi connectivity index (χ0) is 22.7. The van der Waals surface area contributed by atoms with Crippen molar-refractivity contribution in [3.05, 3.63) is 69.4 Å². The molecular formula is C18H14F4N4O5. The van der Waals surface area contributed by atoms with Crippen molar-refractivity contribution in [3.8, 4) is 5.75 Å². The van der Waals surface area contributed by atoms with Gasteiger partial charge in [0.05, 0.1) is 30.3 Å². The fourth-order valence-corrected chi connectivity index (χ4v) is 2.67. The van der Waals surface area contributed by atoms with E-state index in [2.05, 4.69) is 10.4 Å². The van der Waals surface area contributed by atoms with E-state index in [1.807, 2.05) is 0 Å². The maximum atomic E-state index is 13.1. The number of alkyl halides is 4. The monoisotopic (exact) mass is 442 g/mol. The molecule has 0 spiro atoms. The molecule has 0 aliphatic rings. The first-order valence-corrected chi connectivity index (χ1v) is 8.56. The molecule has 13 heteroatoms. The maximum Gasteiger partial charge on any atom is 0.291 e. The minimum Gasteiger partial charge on any atom is -0.494 e. The third-order valence-corrected chi connectivity index (χ3v) is 4.11. The number of carbonyl (C=O) groups excluding carboxylic acids is 1. The molecule has 3 rings (SSSR count). The molecule has 0 aliphatic heterocycles. The van der Waals surface area contributed by atoms with Crippen LogP contribution in [0.3, 0.4) is 0 Å². The van der Waals surface area contributed by atoms with Gasteiger partial charge in [-0.15, -0.1) is 0 Å². The molecule has 0 unspecified atom stereocenters. The number of hydrogen-bond acceptors (Lipinski definition) is 6. The Bertz CT molecular complexity index is 1110. The van der Waals surface area contributed by atoms with Crippen molar-refractivity contribution in [1.29, 1.82) is 0 Å². The number of halogens is 4. The summed E-state index contributed by atoms with van der Waals surface area (Å²) in [5.41, 5.74) is -1.63. The molecule has 1 aromatic carbocycles. The zero-order valence-corrected chi connectivity index (χ0v) is 15.7. The lowest BCUT2D eigenvalue weighted by molar-refractivity contribution is -0.384. The topological polar surface area (TPSA) is 112 Å². The summed E-state index contributed by atoms with van der Waals surface area (Å²) < 4.78 is 62.7. The minimum absolute atomic E-state index is 0.0200. The van der Waals surface area contributed by atoms with Crippen molar-refractivity contribution >= 4 is 17.3 Å². The Kier molecular flexibility index (Phi) is 6.22. The van der Waals surface area contributed by atoms with E-state index in [9.17, 15) is 32.5 Å². The van der Waals surface area contributed by atoms with Gasteiger partial charge in [-0.25, -0.2) is 17.6 Å². The summed E-state index contributed by atoms with van der Waals surface area (Å²) in [5.74, 6) is -0.907. The molecular weight excluding hydrogens is 428 g/mol. The molecule has 9 nitrogen and oxygen atoms in total. The number of nitro groups is 1. The van der Waals surface area contributed by atoms with Crippen molar-refractivity contribution in [1.82, 2.24) is 9.78 Å². The molecule has 164 valence electrons. The average molecular weight is 442 g/mol. The molecule has 0 saturated heterocycles. The Hall–Kier alpha value is -3.90. The number of carbonyl (C=O) groups is 1. The van der Waals surface area contributed by atoms with Crippen LogP contribution in [0.5, 0.6) is 5.75 Å². The van der Waals surface area contributed by atoms with E-state index in [0.717, 1.165) is 12.1 Å². The summed E-state index contributed by atoms with van der Waals surface area (Å²) in [4.78, 5) is 22.6. The van der Waals surface area contributed by atoms with Gasteiger partial charge in [0.1, 0.15) is 22.9 Å². The lowest BCUT2D eigenvalue weighted by Gasteiger charge is -2.09. The van der Waals surface area contributed by atoms with Crippen LogP contribution < -0.4 is 10.1 Å². The SMILES string of the molecule is COc1cc([N+](=O)[O-])ccc1NC(=O)c1ccc(Cn2nc(C(F)F)cc2C(F)F)o1. The number of nitro benzene ring substituents is 1. The van der Waals surface area contributed by atoms with Crippen molar-refractivity contribution < 1.29 is 36.4 Å². The molecule has 0 bridgehead atoms. The fourth-order valence-electron chi connectivity index (χ4n) is 2.67. The average Bonchev–Trinajstić information content (AvgIpc) is 3.36. The van der Waals surface area contributed by atoms with Gasteiger partial charge in [-0.3, -0.25) is 19.6 Å². The number of hydrogen-bond donors (Lipinski definition) is 1. The Labute approximate surface area is 171 Å². The van der Waals surface area contributed by atoms with E-state index in [-0.39, 0.29) is 28.6 Å². The number of non-ortho nitro benzene ring substituents is 1. The Morgan fingerprint density at radius 2 is 1.97 bits per heavy atom. The van der Waals surface area contributed by atoms with Gasteiger partial charge < -0.3 is 14.5 Å². The highest BCUT2D eigenvalue weighted by molar-refractivity contribution is 6.03. The summed E-state index contributed by atoms with van der Waals surface area (Å²) in [5, 5.41) is 16.7. The van der Waals surface area contributed by atoms with Crippen molar-refractivity contribution in [3.63, 3.8) is 0 Å². The van der Waals surface area contributed by atoms with Gasteiger partial charge in [-0.05, 0) is 24.3 Å². The number of anilines is 1. The standard InChI is InChI=1S/C18H14F4N4O5/c1-30-15-6-9(26(28)29)2-4-11(15)23-18(27)14-5-3-10(31-14)8-25-13(17(21)22)7-12(24-25)16(19)20/h2-7,16-17H,8H2,1H3,(H,23,27). The van der Waals surface area contributed by atoms with Gasteiger partial charge in [0.15, 0.2) is 5.76 Å². The minimum atomic E-state index is -3.03. The number of nitrogens with one attached hydrogen (secondary N) is 1. The first-order chi connectivity index (χ1) is 14.7. The van der Waals surface area contributed by atoms with E-state index in [1.165, 1.54) is 25.3 Å². The first-order valence-electron chi connectivity index (χ1n) is 8.56. The number of benzene rings is 1. The second-order valence-electron chi connectivity index (χ2n) is 6.11. The van der Waals surface area contributed by atoms with Gasteiger partial charge in [-0.2, -0.15) is 5.10 Å². The van der Waals surface area contributed by atoms with Crippen LogP contribution in [0.15, 0.2) is 40.8 Å². The predicted octanol–water partition coefficient (Wildman–Crippen LogP) is 4.57. The molecule has 3 aromatic rings. The molecule has 0 aliphatic carbocycles. The predicted molar refractivity (Wildman–Crippen MR) is 97.6 cm³/mol. The molecule has 0 fully saturated rings. The number of rotatable bonds is 8.